The molecule has 1 aromatic carbocycles. The molecular formula is C13H16N2O. The predicted molar refractivity (Wildman–Crippen MR) is 63.4 cm³/mol. The molecular weight excluding hydrogens is 200 g/mol. The molecule has 0 radical (unpaired) electrons. The third-order valence-corrected chi connectivity index (χ3v) is 3.31. The summed E-state index contributed by atoms with van der Waals surface area (Å²) in [6.07, 6.45) is 2.40. The van der Waals surface area contributed by atoms with Crippen molar-refractivity contribution in [2.24, 2.45) is 0 Å². The zero-order valence-electron chi connectivity index (χ0n) is 9.63. The Morgan fingerprint density at radius 2 is 2.06 bits per heavy atom. The van der Waals surface area contributed by atoms with E-state index in [1.54, 1.807) is 0 Å². The van der Waals surface area contributed by atoms with Crippen molar-refractivity contribution in [2.45, 2.75) is 38.8 Å². The van der Waals surface area contributed by atoms with Crippen LogP contribution in [-0.2, 0) is 4.79 Å². The third kappa shape index (κ3) is 1.52. The van der Waals surface area contributed by atoms with Gasteiger partial charge in [0, 0.05) is 17.3 Å². The highest BCUT2D eigenvalue weighted by molar-refractivity contribution is 6.03. The SMILES string of the molecule is Cc1cc(C)c2c(c1)C(NC1CC1)C(=O)N2. The van der Waals surface area contributed by atoms with Gasteiger partial charge in [0.05, 0.1) is 0 Å². The molecule has 3 rings (SSSR count). The molecule has 0 saturated heterocycles. The number of hydrogen-bond acceptors (Lipinski definition) is 2. The van der Waals surface area contributed by atoms with Gasteiger partial charge in [0.25, 0.3) is 0 Å². The van der Waals surface area contributed by atoms with Gasteiger partial charge in [-0.25, -0.2) is 0 Å². The maximum Gasteiger partial charge on any atom is 0.246 e. The van der Waals surface area contributed by atoms with E-state index in [0.29, 0.717) is 6.04 Å². The summed E-state index contributed by atoms with van der Waals surface area (Å²) >= 11 is 0. The average Bonchev–Trinajstić information content (AvgIpc) is 2.96. The number of rotatable bonds is 2. The van der Waals surface area contributed by atoms with Crippen molar-refractivity contribution < 1.29 is 4.79 Å². The number of aryl methyl sites for hydroxylation is 2. The molecule has 1 aliphatic heterocycles. The Morgan fingerprint density at radius 3 is 2.75 bits per heavy atom. The lowest BCUT2D eigenvalue weighted by molar-refractivity contribution is -0.117. The fourth-order valence-electron chi connectivity index (χ4n) is 2.39. The van der Waals surface area contributed by atoms with E-state index in [9.17, 15) is 4.79 Å². The number of fused-ring (bicyclic) bond motifs is 1. The maximum atomic E-state index is 11.9. The molecule has 0 bridgehead atoms. The van der Waals surface area contributed by atoms with Crippen LogP contribution in [0.5, 0.6) is 0 Å². The monoisotopic (exact) mass is 216 g/mol. The third-order valence-electron chi connectivity index (χ3n) is 3.31. The fourth-order valence-corrected chi connectivity index (χ4v) is 2.39. The van der Waals surface area contributed by atoms with Crippen LogP contribution in [0.15, 0.2) is 12.1 Å². The van der Waals surface area contributed by atoms with Gasteiger partial charge < -0.3 is 5.32 Å². The quantitative estimate of drug-likeness (QED) is 0.794. The molecule has 1 atom stereocenters. The fraction of sp³-hybridized carbons (Fsp3) is 0.462. The van der Waals surface area contributed by atoms with Gasteiger partial charge >= 0.3 is 0 Å². The second kappa shape index (κ2) is 3.32. The molecule has 1 aliphatic carbocycles. The highest BCUT2D eigenvalue weighted by Crippen LogP contribution is 2.36. The van der Waals surface area contributed by atoms with Gasteiger partial charge in [-0.05, 0) is 32.3 Å². The van der Waals surface area contributed by atoms with Crippen molar-refractivity contribution in [2.75, 3.05) is 5.32 Å². The van der Waals surface area contributed by atoms with E-state index < -0.39 is 0 Å². The molecule has 3 heteroatoms. The van der Waals surface area contributed by atoms with E-state index in [1.165, 1.54) is 18.4 Å². The number of carbonyl (C=O) groups is 1. The van der Waals surface area contributed by atoms with E-state index in [0.717, 1.165) is 16.8 Å². The lowest BCUT2D eigenvalue weighted by Crippen LogP contribution is -2.29. The molecule has 1 saturated carbocycles. The standard InChI is InChI=1S/C13H16N2O/c1-7-5-8(2)11-10(6-7)12(13(16)15-11)14-9-3-4-9/h5-6,9,12,14H,3-4H2,1-2H3,(H,15,16). The van der Waals surface area contributed by atoms with Gasteiger partial charge in [0.2, 0.25) is 5.91 Å². The first-order valence-electron chi connectivity index (χ1n) is 5.83. The van der Waals surface area contributed by atoms with Crippen LogP contribution in [0, 0.1) is 13.8 Å². The second-order valence-electron chi connectivity index (χ2n) is 4.91. The number of amides is 1. The minimum absolute atomic E-state index is 0.0931. The number of hydrogen-bond donors (Lipinski definition) is 2. The minimum atomic E-state index is -0.138. The van der Waals surface area contributed by atoms with Crippen molar-refractivity contribution in [3.05, 3.63) is 28.8 Å². The molecule has 1 heterocycles. The summed E-state index contributed by atoms with van der Waals surface area (Å²) in [5.74, 6) is 0.0931. The zero-order valence-corrected chi connectivity index (χ0v) is 9.63. The highest BCUT2D eigenvalue weighted by atomic mass is 16.2. The van der Waals surface area contributed by atoms with Crippen molar-refractivity contribution in [3.8, 4) is 0 Å². The summed E-state index contributed by atoms with van der Waals surface area (Å²) in [4.78, 5) is 11.9. The summed E-state index contributed by atoms with van der Waals surface area (Å²) in [6, 6.07) is 4.63. The molecule has 1 amide bonds. The predicted octanol–water partition coefficient (Wildman–Crippen LogP) is 2.05. The van der Waals surface area contributed by atoms with Crippen molar-refractivity contribution in [3.63, 3.8) is 0 Å². The van der Waals surface area contributed by atoms with Gasteiger partial charge in [0.1, 0.15) is 6.04 Å². The molecule has 84 valence electrons. The zero-order chi connectivity index (χ0) is 11.3. The van der Waals surface area contributed by atoms with E-state index >= 15 is 0 Å². The summed E-state index contributed by atoms with van der Waals surface area (Å²) in [6.45, 7) is 4.12. The van der Waals surface area contributed by atoms with Crippen LogP contribution < -0.4 is 10.6 Å². The van der Waals surface area contributed by atoms with Crippen LogP contribution in [0.2, 0.25) is 0 Å². The largest absolute Gasteiger partial charge is 0.324 e. The molecule has 16 heavy (non-hydrogen) atoms. The lowest BCUT2D eigenvalue weighted by atomic mass is 10.0. The first kappa shape index (κ1) is 9.85. The summed E-state index contributed by atoms with van der Waals surface area (Å²) in [5, 5.41) is 6.38. The van der Waals surface area contributed by atoms with Gasteiger partial charge in [-0.3, -0.25) is 10.1 Å². The molecule has 2 aliphatic rings. The number of nitrogens with one attached hydrogen (secondary N) is 2. The van der Waals surface area contributed by atoms with Crippen molar-refractivity contribution in [1.29, 1.82) is 0 Å². The molecule has 2 N–H and O–H groups in total. The normalized spacial score (nSPS) is 23.1. The Morgan fingerprint density at radius 1 is 1.31 bits per heavy atom. The van der Waals surface area contributed by atoms with E-state index in [4.69, 9.17) is 0 Å². The van der Waals surface area contributed by atoms with Crippen LogP contribution in [0.25, 0.3) is 0 Å². The van der Waals surface area contributed by atoms with Crippen LogP contribution in [0.3, 0.4) is 0 Å². The minimum Gasteiger partial charge on any atom is -0.324 e. The molecule has 0 spiro atoms. The van der Waals surface area contributed by atoms with E-state index in [-0.39, 0.29) is 11.9 Å². The van der Waals surface area contributed by atoms with Crippen LogP contribution >= 0.6 is 0 Å². The Labute approximate surface area is 95.2 Å². The molecule has 1 unspecified atom stereocenters. The van der Waals surface area contributed by atoms with E-state index in [2.05, 4.69) is 29.7 Å². The van der Waals surface area contributed by atoms with Gasteiger partial charge in [-0.15, -0.1) is 0 Å². The van der Waals surface area contributed by atoms with Crippen LogP contribution in [0.4, 0.5) is 5.69 Å². The Kier molecular flexibility index (Phi) is 2.04. The Hall–Kier alpha value is -1.35. The first-order valence-corrected chi connectivity index (χ1v) is 5.83. The molecule has 1 fully saturated rings. The Balaban J connectivity index is 2.01. The molecule has 1 aromatic rings. The maximum absolute atomic E-state index is 11.9. The van der Waals surface area contributed by atoms with Crippen LogP contribution in [0.1, 0.15) is 35.6 Å². The van der Waals surface area contributed by atoms with Gasteiger partial charge in [-0.2, -0.15) is 0 Å². The van der Waals surface area contributed by atoms with E-state index in [1.807, 2.05) is 6.92 Å². The topological polar surface area (TPSA) is 41.1 Å². The summed E-state index contributed by atoms with van der Waals surface area (Å²) < 4.78 is 0. The van der Waals surface area contributed by atoms with Gasteiger partial charge in [-0.1, -0.05) is 17.7 Å². The smallest absolute Gasteiger partial charge is 0.246 e. The second-order valence-corrected chi connectivity index (χ2v) is 4.91. The van der Waals surface area contributed by atoms with Crippen molar-refractivity contribution >= 4 is 11.6 Å². The number of anilines is 1. The number of carbonyl (C=O) groups excluding carboxylic acids is 1. The summed E-state index contributed by atoms with van der Waals surface area (Å²) in [7, 11) is 0. The molecule has 0 aromatic heterocycles. The number of benzene rings is 1. The Bertz CT molecular complexity index is 463. The van der Waals surface area contributed by atoms with Crippen molar-refractivity contribution in [1.82, 2.24) is 5.32 Å². The average molecular weight is 216 g/mol. The summed E-state index contributed by atoms with van der Waals surface area (Å²) in [5.41, 5.74) is 4.50. The van der Waals surface area contributed by atoms with Gasteiger partial charge in [0.15, 0.2) is 0 Å². The first-order chi connectivity index (χ1) is 7.65. The highest BCUT2D eigenvalue weighted by Gasteiger charge is 2.35. The van der Waals surface area contributed by atoms with Crippen LogP contribution in [-0.4, -0.2) is 11.9 Å². The molecule has 3 nitrogen and oxygen atoms in total. The lowest BCUT2D eigenvalue weighted by Gasteiger charge is -2.11.